The van der Waals surface area contributed by atoms with Gasteiger partial charge in [0.25, 0.3) is 0 Å². The molecule has 4 nitrogen and oxygen atoms in total. The van der Waals surface area contributed by atoms with Gasteiger partial charge in [0.05, 0.1) is 17.0 Å². The van der Waals surface area contributed by atoms with Crippen LogP contribution in [-0.2, 0) is 11.8 Å². The zero-order valence-corrected chi connectivity index (χ0v) is 13.8. The average Bonchev–Trinajstić information content (AvgIpc) is 2.97. The molecule has 0 saturated heterocycles. The van der Waals surface area contributed by atoms with E-state index in [1.165, 1.54) is 15.6 Å². The highest BCUT2D eigenvalue weighted by Gasteiger charge is 2.22. The van der Waals surface area contributed by atoms with E-state index in [4.69, 9.17) is 4.98 Å². The van der Waals surface area contributed by atoms with E-state index in [0.29, 0.717) is 6.04 Å². The summed E-state index contributed by atoms with van der Waals surface area (Å²) >= 11 is 1.83. The quantitative estimate of drug-likeness (QED) is 0.888. The number of nitrogens with zero attached hydrogens (tertiary/aromatic N) is 2. The molecule has 20 heavy (non-hydrogen) atoms. The Bertz CT molecular complexity index is 537. The summed E-state index contributed by atoms with van der Waals surface area (Å²) < 4.78 is 0. The first-order chi connectivity index (χ1) is 9.38. The maximum absolute atomic E-state index is 4.72. The molecule has 0 saturated carbocycles. The van der Waals surface area contributed by atoms with Gasteiger partial charge < -0.3 is 10.3 Å². The molecular weight excluding hydrogens is 268 g/mol. The molecule has 2 aromatic rings. The monoisotopic (exact) mass is 292 g/mol. The highest BCUT2D eigenvalue weighted by molar-refractivity contribution is 7.12. The Morgan fingerprint density at radius 1 is 1.40 bits per heavy atom. The summed E-state index contributed by atoms with van der Waals surface area (Å²) in [6.07, 6.45) is 4.57. The van der Waals surface area contributed by atoms with Crippen molar-refractivity contribution in [2.24, 2.45) is 0 Å². The van der Waals surface area contributed by atoms with Gasteiger partial charge in [-0.1, -0.05) is 20.8 Å². The van der Waals surface area contributed by atoms with E-state index < -0.39 is 0 Å². The predicted octanol–water partition coefficient (Wildman–Crippen LogP) is 3.37. The first-order valence-corrected chi connectivity index (χ1v) is 7.88. The Labute approximate surface area is 125 Å². The molecule has 2 heterocycles. The maximum Gasteiger partial charge on any atom is 0.0985 e. The Hall–Kier alpha value is -1.20. The smallest absolute Gasteiger partial charge is 0.0985 e. The molecule has 1 atom stereocenters. The Kier molecular flexibility index (Phi) is 4.60. The van der Waals surface area contributed by atoms with Crippen molar-refractivity contribution < 1.29 is 0 Å². The van der Waals surface area contributed by atoms with Crippen molar-refractivity contribution in [3.05, 3.63) is 33.8 Å². The van der Waals surface area contributed by atoms with Crippen LogP contribution in [-0.4, -0.2) is 21.5 Å². The van der Waals surface area contributed by atoms with E-state index in [1.807, 2.05) is 17.5 Å². The lowest BCUT2D eigenvalue weighted by Crippen LogP contribution is -2.21. The molecule has 110 valence electrons. The van der Waals surface area contributed by atoms with Crippen molar-refractivity contribution in [2.45, 2.75) is 52.5 Å². The summed E-state index contributed by atoms with van der Waals surface area (Å²) in [5, 5.41) is 4.78. The molecule has 0 spiro atoms. The molecule has 1 unspecified atom stereocenters. The Balaban J connectivity index is 1.95. The van der Waals surface area contributed by atoms with Crippen LogP contribution in [0.15, 0.2) is 12.5 Å². The molecule has 2 N–H and O–H groups in total. The predicted molar refractivity (Wildman–Crippen MR) is 84.3 cm³/mol. The normalized spacial score (nSPS) is 13.7. The lowest BCUT2D eigenvalue weighted by Gasteiger charge is -2.14. The first-order valence-electron chi connectivity index (χ1n) is 7.06. The minimum Gasteiger partial charge on any atom is -0.348 e. The second kappa shape index (κ2) is 6.06. The number of aromatic nitrogens is 3. The fraction of sp³-hybridized carbons (Fsp3) is 0.600. The van der Waals surface area contributed by atoms with Gasteiger partial charge in [-0.05, 0) is 13.8 Å². The van der Waals surface area contributed by atoms with E-state index in [0.717, 1.165) is 18.7 Å². The third-order valence-corrected chi connectivity index (χ3v) is 5.03. The SMILES string of the molecule is Cc1nc(C(C)(C)C)sc1C(C)NCCc1cnc[nH]1. The van der Waals surface area contributed by atoms with Crippen molar-refractivity contribution in [2.75, 3.05) is 6.54 Å². The molecule has 0 aromatic carbocycles. The minimum atomic E-state index is 0.128. The number of nitrogens with one attached hydrogen (secondary N) is 2. The number of imidazole rings is 1. The van der Waals surface area contributed by atoms with Crippen LogP contribution in [0.1, 0.15) is 55.0 Å². The van der Waals surface area contributed by atoms with Crippen LogP contribution in [0.3, 0.4) is 0 Å². The summed E-state index contributed by atoms with van der Waals surface area (Å²) in [7, 11) is 0. The number of aromatic amines is 1. The molecular formula is C15H24N4S. The number of thiazole rings is 1. The zero-order valence-electron chi connectivity index (χ0n) is 12.9. The largest absolute Gasteiger partial charge is 0.348 e. The second-order valence-corrected chi connectivity index (χ2v) is 7.25. The van der Waals surface area contributed by atoms with Gasteiger partial charge in [-0.3, -0.25) is 0 Å². The van der Waals surface area contributed by atoms with Crippen LogP contribution in [0.25, 0.3) is 0 Å². The van der Waals surface area contributed by atoms with Crippen LogP contribution in [0, 0.1) is 6.92 Å². The molecule has 0 fully saturated rings. The van der Waals surface area contributed by atoms with Crippen molar-refractivity contribution in [3.63, 3.8) is 0 Å². The van der Waals surface area contributed by atoms with E-state index >= 15 is 0 Å². The summed E-state index contributed by atoms with van der Waals surface area (Å²) in [6, 6.07) is 0.339. The summed E-state index contributed by atoms with van der Waals surface area (Å²) in [5.41, 5.74) is 2.45. The first kappa shape index (κ1) is 15.2. The van der Waals surface area contributed by atoms with Crippen LogP contribution >= 0.6 is 11.3 Å². The van der Waals surface area contributed by atoms with Crippen LogP contribution in [0.5, 0.6) is 0 Å². The van der Waals surface area contributed by atoms with Gasteiger partial charge in [0, 0.05) is 41.2 Å². The highest BCUT2D eigenvalue weighted by Crippen LogP contribution is 2.32. The number of hydrogen-bond acceptors (Lipinski definition) is 4. The number of aryl methyl sites for hydroxylation is 1. The molecule has 0 aliphatic carbocycles. The number of rotatable bonds is 5. The van der Waals surface area contributed by atoms with Crippen LogP contribution in [0.2, 0.25) is 0 Å². The van der Waals surface area contributed by atoms with Crippen molar-refractivity contribution in [1.29, 1.82) is 0 Å². The third-order valence-electron chi connectivity index (χ3n) is 3.27. The van der Waals surface area contributed by atoms with Crippen molar-refractivity contribution in [3.8, 4) is 0 Å². The van der Waals surface area contributed by atoms with Crippen molar-refractivity contribution >= 4 is 11.3 Å². The average molecular weight is 292 g/mol. The van der Waals surface area contributed by atoms with E-state index in [1.54, 1.807) is 6.33 Å². The fourth-order valence-corrected chi connectivity index (χ4v) is 3.22. The summed E-state index contributed by atoms with van der Waals surface area (Å²) in [5.74, 6) is 0. The van der Waals surface area contributed by atoms with Crippen LogP contribution in [0.4, 0.5) is 0 Å². The van der Waals surface area contributed by atoms with Gasteiger partial charge in [-0.2, -0.15) is 0 Å². The second-order valence-electron chi connectivity index (χ2n) is 6.22. The molecule has 0 amide bonds. The topological polar surface area (TPSA) is 53.6 Å². The van der Waals surface area contributed by atoms with Gasteiger partial charge in [0.15, 0.2) is 0 Å². The molecule has 0 aliphatic rings. The lowest BCUT2D eigenvalue weighted by molar-refractivity contribution is 0.577. The standard InChI is InChI=1S/C15H24N4S/c1-10(17-7-6-12-8-16-9-18-12)13-11(2)19-14(20-13)15(3,4)5/h8-10,17H,6-7H2,1-5H3,(H,16,18). The van der Waals surface area contributed by atoms with Gasteiger partial charge in [0.1, 0.15) is 0 Å². The zero-order chi connectivity index (χ0) is 14.8. The molecule has 0 radical (unpaired) electrons. The summed E-state index contributed by atoms with van der Waals surface area (Å²) in [6.45, 7) is 11.9. The number of hydrogen-bond donors (Lipinski definition) is 2. The Morgan fingerprint density at radius 2 is 2.15 bits per heavy atom. The van der Waals surface area contributed by atoms with Crippen LogP contribution < -0.4 is 5.32 Å². The molecule has 0 aliphatic heterocycles. The minimum absolute atomic E-state index is 0.128. The van der Waals surface area contributed by atoms with E-state index in [-0.39, 0.29) is 5.41 Å². The molecule has 2 rings (SSSR count). The van der Waals surface area contributed by atoms with Gasteiger partial charge >= 0.3 is 0 Å². The molecule has 2 aromatic heterocycles. The molecule has 0 bridgehead atoms. The van der Waals surface area contributed by atoms with E-state index in [9.17, 15) is 0 Å². The lowest BCUT2D eigenvalue weighted by atomic mass is 9.98. The third kappa shape index (κ3) is 3.67. The van der Waals surface area contributed by atoms with Gasteiger partial charge in [-0.15, -0.1) is 11.3 Å². The fourth-order valence-electron chi connectivity index (χ4n) is 2.07. The summed E-state index contributed by atoms with van der Waals surface area (Å²) in [4.78, 5) is 13.2. The van der Waals surface area contributed by atoms with Gasteiger partial charge in [0.2, 0.25) is 0 Å². The van der Waals surface area contributed by atoms with Gasteiger partial charge in [-0.25, -0.2) is 9.97 Å². The highest BCUT2D eigenvalue weighted by atomic mass is 32.1. The number of H-pyrrole nitrogens is 1. The Morgan fingerprint density at radius 3 is 2.70 bits per heavy atom. The van der Waals surface area contributed by atoms with E-state index in [2.05, 4.69) is 49.9 Å². The maximum atomic E-state index is 4.72. The van der Waals surface area contributed by atoms with Crippen molar-refractivity contribution in [1.82, 2.24) is 20.3 Å². The molecule has 5 heteroatoms.